The third-order valence-corrected chi connectivity index (χ3v) is 7.05. The van der Waals surface area contributed by atoms with Gasteiger partial charge in [-0.15, -0.1) is 11.8 Å². The Balaban J connectivity index is 1.43. The second kappa shape index (κ2) is 13.3. The molecule has 3 atom stereocenters. The van der Waals surface area contributed by atoms with Crippen molar-refractivity contribution >= 4 is 23.6 Å². The van der Waals surface area contributed by atoms with Crippen molar-refractivity contribution in [1.29, 1.82) is 0 Å². The molecule has 2 heterocycles. The summed E-state index contributed by atoms with van der Waals surface area (Å²) in [5.41, 5.74) is 3.63. The fraction of sp³-hybridized carbons (Fsp3) is 0.321. The molecule has 1 amide bonds. The first kappa shape index (κ1) is 26.8. The summed E-state index contributed by atoms with van der Waals surface area (Å²) in [5.74, 6) is -0.567. The molecule has 8 nitrogen and oxygen atoms in total. The zero-order valence-electron chi connectivity index (χ0n) is 20.3. The number of carbonyl (C=O) groups excluding carboxylic acids is 1. The van der Waals surface area contributed by atoms with Crippen LogP contribution < -0.4 is 5.32 Å². The van der Waals surface area contributed by atoms with E-state index in [9.17, 15) is 14.7 Å². The molecule has 1 aliphatic rings. The van der Waals surface area contributed by atoms with Crippen molar-refractivity contribution in [1.82, 2.24) is 10.3 Å². The van der Waals surface area contributed by atoms with E-state index in [1.807, 2.05) is 66.7 Å². The fourth-order valence-corrected chi connectivity index (χ4v) is 4.82. The summed E-state index contributed by atoms with van der Waals surface area (Å²) in [6.07, 6.45) is 1.42. The molecule has 1 aliphatic heterocycles. The second-order valence-corrected chi connectivity index (χ2v) is 9.78. The monoisotopic (exact) mass is 522 g/mol. The van der Waals surface area contributed by atoms with Crippen molar-refractivity contribution in [2.75, 3.05) is 5.75 Å². The van der Waals surface area contributed by atoms with E-state index in [-0.39, 0.29) is 37.6 Å². The average Bonchev–Trinajstić information content (AvgIpc) is 2.94. The van der Waals surface area contributed by atoms with E-state index in [0.717, 1.165) is 33.0 Å². The van der Waals surface area contributed by atoms with Crippen molar-refractivity contribution < 1.29 is 29.3 Å². The van der Waals surface area contributed by atoms with Gasteiger partial charge in [-0.2, -0.15) is 0 Å². The Hall–Kier alpha value is -3.24. The number of benzene rings is 2. The molecule has 1 aromatic heterocycles. The number of carbonyl (C=O) groups is 2. The third kappa shape index (κ3) is 8.13. The smallest absolute Gasteiger partial charge is 0.303 e. The van der Waals surface area contributed by atoms with E-state index in [2.05, 4.69) is 10.3 Å². The highest BCUT2D eigenvalue weighted by molar-refractivity contribution is 7.99. The number of rotatable bonds is 11. The number of aliphatic carboxylic acids is 1. The summed E-state index contributed by atoms with van der Waals surface area (Å²) < 4.78 is 12.7. The van der Waals surface area contributed by atoms with Crippen LogP contribution in [0.2, 0.25) is 0 Å². The molecule has 4 rings (SSSR count). The van der Waals surface area contributed by atoms with Gasteiger partial charge in [-0.3, -0.25) is 9.59 Å². The van der Waals surface area contributed by atoms with Crippen LogP contribution in [0.3, 0.4) is 0 Å². The van der Waals surface area contributed by atoms with Gasteiger partial charge in [-0.1, -0.05) is 54.6 Å². The van der Waals surface area contributed by atoms with Crippen molar-refractivity contribution in [3.05, 3.63) is 95.2 Å². The van der Waals surface area contributed by atoms with Crippen LogP contribution in [0.15, 0.2) is 78.0 Å². The molecule has 37 heavy (non-hydrogen) atoms. The lowest BCUT2D eigenvalue weighted by atomic mass is 10.0. The van der Waals surface area contributed by atoms with Crippen LogP contribution in [0.1, 0.15) is 53.9 Å². The molecule has 3 N–H and O–H groups in total. The Morgan fingerprint density at radius 2 is 1.68 bits per heavy atom. The molecule has 194 valence electrons. The van der Waals surface area contributed by atoms with E-state index in [4.69, 9.17) is 14.6 Å². The van der Waals surface area contributed by atoms with Crippen molar-refractivity contribution in [2.24, 2.45) is 0 Å². The second-order valence-electron chi connectivity index (χ2n) is 8.74. The molecule has 9 heteroatoms. The number of amides is 1. The fourth-order valence-electron chi connectivity index (χ4n) is 3.94. The summed E-state index contributed by atoms with van der Waals surface area (Å²) in [7, 11) is 0. The van der Waals surface area contributed by atoms with Gasteiger partial charge in [-0.25, -0.2) is 4.98 Å². The van der Waals surface area contributed by atoms with Crippen LogP contribution in [0.4, 0.5) is 0 Å². The van der Waals surface area contributed by atoms with Crippen molar-refractivity contribution in [3.63, 3.8) is 0 Å². The summed E-state index contributed by atoms with van der Waals surface area (Å²) in [4.78, 5) is 26.8. The van der Waals surface area contributed by atoms with Crippen LogP contribution in [0, 0.1) is 0 Å². The standard InChI is InChI=1S/C28H30N2O6S/c31-17-20-6-8-21(9-7-20)24-15-23(18-37-26-3-1-2-14-29-26)35-28(36-24)22-10-4-19(5-11-22)16-30-25(32)12-13-27(33)34/h1-11,14,23-24,28,31H,12-13,15-18H2,(H,30,32)(H,33,34). The summed E-state index contributed by atoms with van der Waals surface area (Å²) in [5, 5.41) is 21.8. The lowest BCUT2D eigenvalue weighted by molar-refractivity contribution is -0.245. The quantitative estimate of drug-likeness (QED) is 0.317. The average molecular weight is 523 g/mol. The highest BCUT2D eigenvalue weighted by Crippen LogP contribution is 2.39. The number of nitrogens with one attached hydrogen (secondary N) is 1. The van der Waals surface area contributed by atoms with Gasteiger partial charge in [-0.05, 0) is 28.8 Å². The molecule has 1 fully saturated rings. The highest BCUT2D eigenvalue weighted by atomic mass is 32.2. The number of ether oxygens (including phenoxy) is 2. The Labute approximate surface area is 220 Å². The largest absolute Gasteiger partial charge is 0.481 e. The molecule has 0 saturated carbocycles. The minimum Gasteiger partial charge on any atom is -0.481 e. The van der Waals surface area contributed by atoms with Crippen LogP contribution in [0.5, 0.6) is 0 Å². The number of hydrogen-bond donors (Lipinski definition) is 3. The van der Waals surface area contributed by atoms with Gasteiger partial charge in [0.2, 0.25) is 5.91 Å². The first-order valence-corrected chi connectivity index (χ1v) is 13.1. The van der Waals surface area contributed by atoms with Crippen LogP contribution in [-0.4, -0.2) is 38.9 Å². The van der Waals surface area contributed by atoms with E-state index < -0.39 is 12.3 Å². The number of pyridine rings is 1. The number of nitrogens with zero attached hydrogens (tertiary/aromatic N) is 1. The molecule has 0 spiro atoms. The number of aromatic nitrogens is 1. The normalized spacial score (nSPS) is 19.3. The summed E-state index contributed by atoms with van der Waals surface area (Å²) in [6, 6.07) is 21.2. The topological polar surface area (TPSA) is 118 Å². The van der Waals surface area contributed by atoms with Gasteiger partial charge in [0.15, 0.2) is 6.29 Å². The van der Waals surface area contributed by atoms with Gasteiger partial charge in [0.05, 0.1) is 30.3 Å². The lowest BCUT2D eigenvalue weighted by Gasteiger charge is -2.36. The SMILES string of the molecule is O=C(O)CCC(=O)NCc1ccc(C2OC(CSc3ccccn3)CC(c3ccc(CO)cc3)O2)cc1. The molecule has 1 saturated heterocycles. The molecular weight excluding hydrogens is 492 g/mol. The molecule has 2 aromatic carbocycles. The molecule has 0 bridgehead atoms. The number of thioether (sulfide) groups is 1. The van der Waals surface area contributed by atoms with Crippen LogP contribution in [0.25, 0.3) is 0 Å². The Kier molecular flexibility index (Phi) is 9.67. The minimum atomic E-state index is -0.994. The Bertz CT molecular complexity index is 1160. The van der Waals surface area contributed by atoms with Gasteiger partial charge in [0.25, 0.3) is 0 Å². The Morgan fingerprint density at radius 1 is 0.946 bits per heavy atom. The number of carboxylic acid groups (broad SMARTS) is 1. The van der Waals surface area contributed by atoms with Gasteiger partial charge in [0, 0.05) is 36.9 Å². The predicted molar refractivity (Wildman–Crippen MR) is 139 cm³/mol. The first-order chi connectivity index (χ1) is 18.0. The maximum Gasteiger partial charge on any atom is 0.303 e. The van der Waals surface area contributed by atoms with E-state index >= 15 is 0 Å². The number of aliphatic hydroxyl groups is 1. The van der Waals surface area contributed by atoms with Gasteiger partial charge < -0.3 is 25.0 Å². The summed E-state index contributed by atoms with van der Waals surface area (Å²) in [6.45, 7) is 0.307. The number of carboxylic acids is 1. The van der Waals surface area contributed by atoms with Crippen LogP contribution >= 0.6 is 11.8 Å². The van der Waals surface area contributed by atoms with Crippen LogP contribution in [-0.2, 0) is 32.2 Å². The maximum absolute atomic E-state index is 11.8. The number of aliphatic hydroxyl groups excluding tert-OH is 1. The minimum absolute atomic E-state index is 0.00670. The Morgan fingerprint density at radius 3 is 2.35 bits per heavy atom. The molecule has 0 aliphatic carbocycles. The zero-order chi connectivity index (χ0) is 26.0. The van der Waals surface area contributed by atoms with Gasteiger partial charge in [0.1, 0.15) is 0 Å². The molecule has 3 aromatic rings. The highest BCUT2D eigenvalue weighted by Gasteiger charge is 2.32. The summed E-state index contributed by atoms with van der Waals surface area (Å²) >= 11 is 1.64. The number of hydrogen-bond acceptors (Lipinski definition) is 7. The van der Waals surface area contributed by atoms with Gasteiger partial charge >= 0.3 is 5.97 Å². The zero-order valence-corrected chi connectivity index (χ0v) is 21.1. The van der Waals surface area contributed by atoms with Crippen molar-refractivity contribution in [3.8, 4) is 0 Å². The van der Waals surface area contributed by atoms with E-state index in [1.165, 1.54) is 0 Å². The maximum atomic E-state index is 11.8. The predicted octanol–water partition coefficient (Wildman–Crippen LogP) is 4.39. The van der Waals surface area contributed by atoms with E-state index in [0.29, 0.717) is 13.0 Å². The lowest BCUT2D eigenvalue weighted by Crippen LogP contribution is -2.31. The molecule has 3 unspecified atom stereocenters. The van der Waals surface area contributed by atoms with Crippen molar-refractivity contribution in [2.45, 2.75) is 55.9 Å². The molecular formula is C28H30N2O6S. The van der Waals surface area contributed by atoms with E-state index in [1.54, 1.807) is 18.0 Å². The first-order valence-electron chi connectivity index (χ1n) is 12.1. The molecule has 0 radical (unpaired) electrons. The third-order valence-electron chi connectivity index (χ3n) is 5.98.